The number of hydrogen-bond donors (Lipinski definition) is 2. The zero-order valence-corrected chi connectivity index (χ0v) is 12.2. The van der Waals surface area contributed by atoms with Crippen molar-refractivity contribution in [3.63, 3.8) is 0 Å². The Hall–Kier alpha value is -2.56. The molecule has 0 saturated carbocycles. The Balaban J connectivity index is 1.65. The predicted molar refractivity (Wildman–Crippen MR) is 83.5 cm³/mol. The van der Waals surface area contributed by atoms with Crippen LogP contribution in [0.2, 0.25) is 0 Å². The molecule has 1 aliphatic heterocycles. The number of likely N-dealkylation sites (tertiary alicyclic amines) is 1. The molecule has 3 rings (SSSR count). The van der Waals surface area contributed by atoms with Crippen molar-refractivity contribution in [1.29, 1.82) is 0 Å². The maximum atomic E-state index is 12.1. The van der Waals surface area contributed by atoms with E-state index in [0.717, 1.165) is 16.3 Å². The van der Waals surface area contributed by atoms with E-state index in [1.165, 1.54) is 0 Å². The summed E-state index contributed by atoms with van der Waals surface area (Å²) in [6.07, 6.45) is 0.525. The topological polar surface area (TPSA) is 69.6 Å². The Morgan fingerprint density at radius 3 is 2.73 bits per heavy atom. The molecule has 2 amide bonds. The van der Waals surface area contributed by atoms with E-state index >= 15 is 0 Å². The minimum absolute atomic E-state index is 0.198. The summed E-state index contributed by atoms with van der Waals surface area (Å²) >= 11 is 0. The smallest absolute Gasteiger partial charge is 0.317 e. The van der Waals surface area contributed by atoms with Gasteiger partial charge in [0.25, 0.3) is 0 Å². The lowest BCUT2D eigenvalue weighted by molar-refractivity contribution is -0.141. The molecule has 1 saturated heterocycles. The van der Waals surface area contributed by atoms with Crippen molar-refractivity contribution in [2.24, 2.45) is 5.92 Å². The largest absolute Gasteiger partial charge is 0.481 e. The summed E-state index contributed by atoms with van der Waals surface area (Å²) in [5.74, 6) is -1.27. The van der Waals surface area contributed by atoms with E-state index in [-0.39, 0.29) is 12.6 Å². The number of amides is 2. The van der Waals surface area contributed by atoms with Crippen LogP contribution in [-0.2, 0) is 11.3 Å². The van der Waals surface area contributed by atoms with Crippen LogP contribution in [0.4, 0.5) is 4.79 Å². The molecular weight excluding hydrogens is 280 g/mol. The maximum absolute atomic E-state index is 12.1. The summed E-state index contributed by atoms with van der Waals surface area (Å²) in [6, 6.07) is 13.8. The molecule has 0 bridgehead atoms. The lowest BCUT2D eigenvalue weighted by Gasteiger charge is -2.17. The fraction of sp³-hybridized carbons (Fsp3) is 0.294. The van der Waals surface area contributed by atoms with Crippen molar-refractivity contribution in [2.75, 3.05) is 13.1 Å². The molecule has 2 aromatic carbocycles. The minimum atomic E-state index is -0.829. The quantitative estimate of drug-likeness (QED) is 0.914. The van der Waals surface area contributed by atoms with Crippen LogP contribution in [0.5, 0.6) is 0 Å². The van der Waals surface area contributed by atoms with Crippen molar-refractivity contribution < 1.29 is 14.7 Å². The maximum Gasteiger partial charge on any atom is 0.317 e. The Morgan fingerprint density at radius 1 is 1.18 bits per heavy atom. The average Bonchev–Trinajstić information content (AvgIpc) is 3.03. The minimum Gasteiger partial charge on any atom is -0.481 e. The number of carbonyl (C=O) groups excluding carboxylic acids is 1. The number of rotatable bonds is 3. The van der Waals surface area contributed by atoms with E-state index in [1.807, 2.05) is 42.5 Å². The van der Waals surface area contributed by atoms with Gasteiger partial charge in [-0.3, -0.25) is 4.79 Å². The van der Waals surface area contributed by atoms with Gasteiger partial charge in [-0.15, -0.1) is 0 Å². The molecule has 0 aliphatic carbocycles. The molecule has 5 heteroatoms. The Labute approximate surface area is 128 Å². The molecule has 0 radical (unpaired) electrons. The summed E-state index contributed by atoms with van der Waals surface area (Å²) in [7, 11) is 0. The van der Waals surface area contributed by atoms with Crippen LogP contribution in [0.15, 0.2) is 42.5 Å². The van der Waals surface area contributed by atoms with Gasteiger partial charge in [0.05, 0.1) is 5.92 Å². The lowest BCUT2D eigenvalue weighted by Crippen LogP contribution is -2.38. The monoisotopic (exact) mass is 298 g/mol. The van der Waals surface area contributed by atoms with Crippen molar-refractivity contribution in [2.45, 2.75) is 13.0 Å². The molecule has 2 N–H and O–H groups in total. The summed E-state index contributed by atoms with van der Waals surface area (Å²) in [5, 5.41) is 14.1. The summed E-state index contributed by atoms with van der Waals surface area (Å²) in [5.41, 5.74) is 1.06. The van der Waals surface area contributed by atoms with Crippen LogP contribution < -0.4 is 5.32 Å². The van der Waals surface area contributed by atoms with Crippen LogP contribution in [0.1, 0.15) is 12.0 Å². The third-order valence-electron chi connectivity index (χ3n) is 4.13. The van der Waals surface area contributed by atoms with Crippen LogP contribution in [0, 0.1) is 5.92 Å². The fourth-order valence-electron chi connectivity index (χ4n) is 2.88. The first-order valence-electron chi connectivity index (χ1n) is 7.37. The Kier molecular flexibility index (Phi) is 3.96. The van der Waals surface area contributed by atoms with Gasteiger partial charge in [0, 0.05) is 19.6 Å². The zero-order chi connectivity index (χ0) is 15.5. The highest BCUT2D eigenvalue weighted by Crippen LogP contribution is 2.19. The zero-order valence-electron chi connectivity index (χ0n) is 12.2. The predicted octanol–water partition coefficient (Wildman–Crippen LogP) is 2.46. The molecule has 5 nitrogen and oxygen atoms in total. The number of benzene rings is 2. The van der Waals surface area contributed by atoms with Crippen molar-refractivity contribution in [1.82, 2.24) is 10.2 Å². The first-order valence-corrected chi connectivity index (χ1v) is 7.37. The third kappa shape index (κ3) is 2.88. The number of carbonyl (C=O) groups is 2. The molecule has 1 atom stereocenters. The number of urea groups is 1. The summed E-state index contributed by atoms with van der Waals surface area (Å²) < 4.78 is 0. The first-order chi connectivity index (χ1) is 10.6. The molecule has 114 valence electrons. The highest BCUT2D eigenvalue weighted by atomic mass is 16.4. The number of fused-ring (bicyclic) bond motifs is 1. The van der Waals surface area contributed by atoms with E-state index in [2.05, 4.69) is 5.32 Å². The molecule has 1 fully saturated rings. The van der Waals surface area contributed by atoms with Gasteiger partial charge in [0.2, 0.25) is 0 Å². The number of hydrogen-bond acceptors (Lipinski definition) is 2. The first kappa shape index (κ1) is 14.4. The molecule has 22 heavy (non-hydrogen) atoms. The van der Waals surface area contributed by atoms with Gasteiger partial charge < -0.3 is 15.3 Å². The van der Waals surface area contributed by atoms with E-state index in [4.69, 9.17) is 5.11 Å². The van der Waals surface area contributed by atoms with Crippen LogP contribution >= 0.6 is 0 Å². The number of aliphatic carboxylic acids is 1. The van der Waals surface area contributed by atoms with E-state index in [9.17, 15) is 9.59 Å². The third-order valence-corrected chi connectivity index (χ3v) is 4.13. The second-order valence-corrected chi connectivity index (χ2v) is 5.57. The molecule has 2 aromatic rings. The standard InChI is InChI=1S/C17H18N2O3/c20-16(21)14-8-9-19(11-14)17(22)18-10-13-6-3-5-12-4-1-2-7-15(12)13/h1-7,14H,8-11H2,(H,18,22)(H,20,21). The Bertz CT molecular complexity index is 709. The SMILES string of the molecule is O=C(O)C1CCN(C(=O)NCc2cccc3ccccc23)C1. The van der Waals surface area contributed by atoms with Crippen molar-refractivity contribution >= 4 is 22.8 Å². The molecule has 0 aromatic heterocycles. The van der Waals surface area contributed by atoms with Crippen molar-refractivity contribution in [3.8, 4) is 0 Å². The van der Waals surface area contributed by atoms with Crippen LogP contribution in [0.3, 0.4) is 0 Å². The van der Waals surface area contributed by atoms with Gasteiger partial charge in [0.1, 0.15) is 0 Å². The van der Waals surface area contributed by atoms with Gasteiger partial charge in [-0.25, -0.2) is 4.79 Å². The number of nitrogens with zero attached hydrogens (tertiary/aromatic N) is 1. The number of nitrogens with one attached hydrogen (secondary N) is 1. The van der Waals surface area contributed by atoms with Crippen LogP contribution in [0.25, 0.3) is 10.8 Å². The molecule has 0 spiro atoms. The van der Waals surface area contributed by atoms with Gasteiger partial charge in [0.15, 0.2) is 0 Å². The highest BCUT2D eigenvalue weighted by Gasteiger charge is 2.30. The van der Waals surface area contributed by atoms with Crippen LogP contribution in [-0.4, -0.2) is 35.1 Å². The normalized spacial score (nSPS) is 17.6. The molecule has 1 heterocycles. The summed E-state index contributed by atoms with van der Waals surface area (Å²) in [4.78, 5) is 24.7. The van der Waals surface area contributed by atoms with E-state index in [1.54, 1.807) is 4.90 Å². The Morgan fingerprint density at radius 2 is 1.95 bits per heavy atom. The van der Waals surface area contributed by atoms with Gasteiger partial charge in [-0.2, -0.15) is 0 Å². The van der Waals surface area contributed by atoms with E-state index in [0.29, 0.717) is 19.5 Å². The molecular formula is C17H18N2O3. The number of carboxylic acid groups (broad SMARTS) is 1. The van der Waals surface area contributed by atoms with Gasteiger partial charge in [-0.1, -0.05) is 42.5 Å². The summed E-state index contributed by atoms with van der Waals surface area (Å²) in [6.45, 7) is 1.23. The second-order valence-electron chi connectivity index (χ2n) is 5.57. The highest BCUT2D eigenvalue weighted by molar-refractivity contribution is 5.86. The average molecular weight is 298 g/mol. The van der Waals surface area contributed by atoms with E-state index < -0.39 is 11.9 Å². The van der Waals surface area contributed by atoms with Gasteiger partial charge >= 0.3 is 12.0 Å². The fourth-order valence-corrected chi connectivity index (χ4v) is 2.88. The van der Waals surface area contributed by atoms with Gasteiger partial charge in [-0.05, 0) is 22.8 Å². The molecule has 1 unspecified atom stereocenters. The lowest BCUT2D eigenvalue weighted by atomic mass is 10.0. The second kappa shape index (κ2) is 6.05. The number of carboxylic acids is 1. The molecule has 1 aliphatic rings. The van der Waals surface area contributed by atoms with Crippen molar-refractivity contribution in [3.05, 3.63) is 48.0 Å².